The van der Waals surface area contributed by atoms with Gasteiger partial charge in [0, 0.05) is 24.0 Å². The standard InChI is InChI=1S/C21H26N4O4S2/c1-14(22)19(13-31(26,27)18-10-8-17(29-3)9-11-18)23-21-24-20(25-30-21)12-15-4-6-16(28-2)7-5-15/h4-11,14,19H,12-13,22H2,1-3H3,(H,23,24,25). The average Bonchev–Trinajstić information content (AvgIpc) is 3.20. The minimum absolute atomic E-state index is 0.162. The van der Waals surface area contributed by atoms with Crippen LogP contribution >= 0.6 is 11.5 Å². The van der Waals surface area contributed by atoms with Crippen LogP contribution in [0.4, 0.5) is 5.13 Å². The summed E-state index contributed by atoms with van der Waals surface area (Å²) in [6.45, 7) is 1.76. The summed E-state index contributed by atoms with van der Waals surface area (Å²) in [5, 5.41) is 3.69. The fourth-order valence-electron chi connectivity index (χ4n) is 2.91. The van der Waals surface area contributed by atoms with Crippen LogP contribution in [0, 0.1) is 0 Å². The fourth-order valence-corrected chi connectivity index (χ4v) is 5.16. The van der Waals surface area contributed by atoms with Crippen molar-refractivity contribution in [1.29, 1.82) is 0 Å². The summed E-state index contributed by atoms with van der Waals surface area (Å²) in [7, 11) is -0.396. The second-order valence-electron chi connectivity index (χ2n) is 7.11. The number of ether oxygens (including phenoxy) is 2. The number of hydrogen-bond donors (Lipinski definition) is 2. The van der Waals surface area contributed by atoms with Crippen molar-refractivity contribution in [3.05, 3.63) is 59.9 Å². The van der Waals surface area contributed by atoms with Gasteiger partial charge in [0.25, 0.3) is 0 Å². The quantitative estimate of drug-likeness (QED) is 0.472. The van der Waals surface area contributed by atoms with Crippen LogP contribution < -0.4 is 20.5 Å². The Balaban J connectivity index is 1.68. The van der Waals surface area contributed by atoms with Crippen LogP contribution in [0.25, 0.3) is 0 Å². The average molecular weight is 463 g/mol. The first-order chi connectivity index (χ1) is 14.8. The second kappa shape index (κ2) is 10.1. The molecule has 31 heavy (non-hydrogen) atoms. The number of benzene rings is 2. The highest BCUT2D eigenvalue weighted by Gasteiger charge is 2.25. The minimum atomic E-state index is -3.55. The zero-order valence-corrected chi connectivity index (χ0v) is 19.2. The van der Waals surface area contributed by atoms with Crippen LogP contribution in [0.1, 0.15) is 18.3 Å². The van der Waals surface area contributed by atoms with Gasteiger partial charge in [-0.25, -0.2) is 13.4 Å². The van der Waals surface area contributed by atoms with Crippen molar-refractivity contribution in [2.45, 2.75) is 30.3 Å². The molecule has 0 fully saturated rings. The molecular weight excluding hydrogens is 436 g/mol. The van der Waals surface area contributed by atoms with E-state index in [1.165, 1.54) is 30.8 Å². The molecule has 2 unspecified atom stereocenters. The molecule has 1 aromatic heterocycles. The summed E-state index contributed by atoms with van der Waals surface area (Å²) in [4.78, 5) is 4.71. The zero-order chi connectivity index (χ0) is 22.4. The van der Waals surface area contributed by atoms with Gasteiger partial charge in [-0.2, -0.15) is 4.37 Å². The summed E-state index contributed by atoms with van der Waals surface area (Å²) in [5.41, 5.74) is 7.12. The molecule has 8 nitrogen and oxygen atoms in total. The monoisotopic (exact) mass is 462 g/mol. The Morgan fingerprint density at radius 1 is 1.03 bits per heavy atom. The maximum atomic E-state index is 12.9. The smallest absolute Gasteiger partial charge is 0.202 e. The van der Waals surface area contributed by atoms with E-state index in [0.29, 0.717) is 23.1 Å². The first-order valence-corrected chi connectivity index (χ1v) is 12.1. The largest absolute Gasteiger partial charge is 0.497 e. The number of nitrogens with two attached hydrogens (primary N) is 1. The molecule has 3 rings (SSSR count). The van der Waals surface area contributed by atoms with Crippen molar-refractivity contribution < 1.29 is 17.9 Å². The number of nitrogens with zero attached hydrogens (tertiary/aromatic N) is 2. The van der Waals surface area contributed by atoms with Gasteiger partial charge in [-0.3, -0.25) is 0 Å². The Morgan fingerprint density at radius 2 is 1.61 bits per heavy atom. The molecule has 0 radical (unpaired) electrons. The van der Waals surface area contributed by atoms with E-state index in [0.717, 1.165) is 11.3 Å². The normalized spacial score (nSPS) is 13.4. The number of aromatic nitrogens is 2. The molecule has 0 aliphatic heterocycles. The number of methoxy groups -OCH3 is 2. The van der Waals surface area contributed by atoms with E-state index >= 15 is 0 Å². The molecule has 10 heteroatoms. The highest BCUT2D eigenvalue weighted by Crippen LogP contribution is 2.21. The van der Waals surface area contributed by atoms with Gasteiger partial charge >= 0.3 is 0 Å². The molecule has 0 aliphatic rings. The number of sulfone groups is 1. The molecule has 166 valence electrons. The Morgan fingerprint density at radius 3 is 2.16 bits per heavy atom. The lowest BCUT2D eigenvalue weighted by Crippen LogP contribution is -2.43. The van der Waals surface area contributed by atoms with E-state index in [1.807, 2.05) is 24.3 Å². The molecule has 0 saturated carbocycles. The van der Waals surface area contributed by atoms with E-state index < -0.39 is 21.9 Å². The predicted octanol–water partition coefficient (Wildman–Crippen LogP) is 2.75. The summed E-state index contributed by atoms with van der Waals surface area (Å²) < 4.78 is 40.3. The van der Waals surface area contributed by atoms with Crippen molar-refractivity contribution in [2.75, 3.05) is 25.3 Å². The van der Waals surface area contributed by atoms with Crippen LogP contribution in [0.5, 0.6) is 11.5 Å². The molecule has 0 spiro atoms. The van der Waals surface area contributed by atoms with Gasteiger partial charge in [-0.15, -0.1) is 0 Å². The Bertz CT molecular complexity index is 1080. The van der Waals surface area contributed by atoms with Crippen LogP contribution in [0.15, 0.2) is 53.4 Å². The van der Waals surface area contributed by atoms with Crippen molar-refractivity contribution in [3.63, 3.8) is 0 Å². The third-order valence-electron chi connectivity index (χ3n) is 4.75. The van der Waals surface area contributed by atoms with E-state index in [2.05, 4.69) is 14.7 Å². The summed E-state index contributed by atoms with van der Waals surface area (Å²) in [6, 6.07) is 13.1. The molecule has 0 saturated heterocycles. The SMILES string of the molecule is COc1ccc(Cc2nsc(NC(CS(=O)(=O)c3ccc(OC)cc3)C(C)N)n2)cc1. The lowest BCUT2D eigenvalue weighted by molar-refractivity contribution is 0.414. The van der Waals surface area contributed by atoms with E-state index in [4.69, 9.17) is 15.2 Å². The fraction of sp³-hybridized carbons (Fsp3) is 0.333. The molecule has 1 heterocycles. The molecule has 3 N–H and O–H groups in total. The first-order valence-electron chi connectivity index (χ1n) is 9.65. The number of nitrogens with one attached hydrogen (secondary N) is 1. The Labute approximate surface area is 186 Å². The van der Waals surface area contributed by atoms with Crippen LogP contribution in [-0.2, 0) is 16.3 Å². The molecule has 0 bridgehead atoms. The van der Waals surface area contributed by atoms with E-state index in [-0.39, 0.29) is 10.6 Å². The van der Waals surface area contributed by atoms with Gasteiger partial charge in [-0.1, -0.05) is 12.1 Å². The molecule has 0 amide bonds. The predicted molar refractivity (Wildman–Crippen MR) is 122 cm³/mol. The van der Waals surface area contributed by atoms with Crippen LogP contribution in [0.2, 0.25) is 0 Å². The summed E-state index contributed by atoms with van der Waals surface area (Å²) in [6.07, 6.45) is 0.565. The number of hydrogen-bond acceptors (Lipinski definition) is 9. The van der Waals surface area contributed by atoms with Crippen LogP contribution in [0.3, 0.4) is 0 Å². The maximum absolute atomic E-state index is 12.9. The van der Waals surface area contributed by atoms with Gasteiger partial charge < -0.3 is 20.5 Å². The topological polar surface area (TPSA) is 116 Å². The molecule has 3 aromatic rings. The molecule has 2 atom stereocenters. The van der Waals surface area contributed by atoms with Crippen molar-refractivity contribution in [2.24, 2.45) is 5.73 Å². The molecule has 2 aromatic carbocycles. The first kappa shape index (κ1) is 23.0. The number of rotatable bonds is 10. The maximum Gasteiger partial charge on any atom is 0.202 e. The van der Waals surface area contributed by atoms with E-state index in [9.17, 15) is 8.42 Å². The van der Waals surface area contributed by atoms with Crippen LogP contribution in [-0.4, -0.2) is 49.8 Å². The summed E-state index contributed by atoms with van der Waals surface area (Å²) in [5.74, 6) is 1.87. The molecular formula is C21H26N4O4S2. The lowest BCUT2D eigenvalue weighted by atomic mass is 10.1. The summed E-state index contributed by atoms with van der Waals surface area (Å²) >= 11 is 1.19. The zero-order valence-electron chi connectivity index (χ0n) is 17.6. The van der Waals surface area contributed by atoms with Gasteiger partial charge in [0.15, 0.2) is 9.84 Å². The number of anilines is 1. The lowest BCUT2D eigenvalue weighted by Gasteiger charge is -2.21. The second-order valence-corrected chi connectivity index (χ2v) is 9.89. The molecule has 0 aliphatic carbocycles. The van der Waals surface area contributed by atoms with Gasteiger partial charge in [0.1, 0.15) is 17.3 Å². The van der Waals surface area contributed by atoms with Gasteiger partial charge in [0.2, 0.25) is 5.13 Å². The third kappa shape index (κ3) is 6.16. The van der Waals surface area contributed by atoms with Crippen molar-refractivity contribution >= 4 is 26.5 Å². The highest BCUT2D eigenvalue weighted by atomic mass is 32.2. The Kier molecular flexibility index (Phi) is 7.47. The Hall–Kier alpha value is -2.69. The van der Waals surface area contributed by atoms with Crippen molar-refractivity contribution in [1.82, 2.24) is 9.36 Å². The third-order valence-corrected chi connectivity index (χ3v) is 7.22. The van der Waals surface area contributed by atoms with Gasteiger partial charge in [-0.05, 0) is 48.9 Å². The van der Waals surface area contributed by atoms with Gasteiger partial charge in [0.05, 0.1) is 30.9 Å². The van der Waals surface area contributed by atoms with E-state index in [1.54, 1.807) is 26.2 Å². The minimum Gasteiger partial charge on any atom is -0.497 e. The highest BCUT2D eigenvalue weighted by molar-refractivity contribution is 7.91. The van der Waals surface area contributed by atoms with Crippen molar-refractivity contribution in [3.8, 4) is 11.5 Å².